The molecule has 1 aromatic carbocycles. The summed E-state index contributed by atoms with van der Waals surface area (Å²) in [6, 6.07) is 6.57. The predicted molar refractivity (Wildman–Crippen MR) is 125 cm³/mol. The number of aryl methyl sites for hydroxylation is 1. The van der Waals surface area contributed by atoms with E-state index in [2.05, 4.69) is 4.98 Å². The van der Waals surface area contributed by atoms with Crippen LogP contribution in [0.15, 0.2) is 41.5 Å². The third kappa shape index (κ3) is 5.70. The molecule has 11 heteroatoms. The van der Waals surface area contributed by atoms with Crippen molar-refractivity contribution in [3.05, 3.63) is 57.6 Å². The summed E-state index contributed by atoms with van der Waals surface area (Å²) in [7, 11) is 0. The van der Waals surface area contributed by atoms with E-state index < -0.39 is 18.2 Å². The van der Waals surface area contributed by atoms with Crippen LogP contribution in [0.5, 0.6) is 0 Å². The number of carbonyl (C=O) groups is 1. The predicted octanol–water partition coefficient (Wildman–Crippen LogP) is 4.34. The van der Waals surface area contributed by atoms with E-state index >= 15 is 0 Å². The molecule has 1 fully saturated rings. The molecule has 0 N–H and O–H groups in total. The number of ether oxygens (including phenoxy) is 1. The van der Waals surface area contributed by atoms with Gasteiger partial charge in [-0.2, -0.15) is 13.2 Å². The number of morpholine rings is 1. The van der Waals surface area contributed by atoms with Gasteiger partial charge in [0.1, 0.15) is 0 Å². The molecule has 3 aromatic rings. The van der Waals surface area contributed by atoms with Crippen molar-refractivity contribution < 1.29 is 22.7 Å². The van der Waals surface area contributed by atoms with Crippen molar-refractivity contribution in [3.63, 3.8) is 0 Å². The molecule has 0 bridgehead atoms. The number of imidazole rings is 1. The van der Waals surface area contributed by atoms with Gasteiger partial charge in [0.2, 0.25) is 11.7 Å². The van der Waals surface area contributed by atoms with E-state index in [0.29, 0.717) is 29.5 Å². The van der Waals surface area contributed by atoms with Crippen LogP contribution in [0.4, 0.5) is 13.2 Å². The van der Waals surface area contributed by atoms with E-state index in [1.54, 1.807) is 29.2 Å². The zero-order valence-corrected chi connectivity index (χ0v) is 20.1. The summed E-state index contributed by atoms with van der Waals surface area (Å²) in [5.41, 5.74) is 0.942. The highest BCUT2D eigenvalue weighted by Crippen LogP contribution is 2.24. The van der Waals surface area contributed by atoms with Crippen molar-refractivity contribution in [2.75, 3.05) is 13.2 Å². The average molecular weight is 511 g/mol. The molecule has 188 valence electrons. The molecule has 1 saturated heterocycles. The Morgan fingerprint density at radius 2 is 1.80 bits per heavy atom. The minimum atomic E-state index is -4.29. The Morgan fingerprint density at radius 3 is 2.43 bits per heavy atom. The van der Waals surface area contributed by atoms with Crippen molar-refractivity contribution in [1.82, 2.24) is 18.9 Å². The fourth-order valence-corrected chi connectivity index (χ4v) is 4.55. The second kappa shape index (κ2) is 10.0. The van der Waals surface area contributed by atoms with Gasteiger partial charge in [-0.05, 0) is 32.4 Å². The van der Waals surface area contributed by atoms with Gasteiger partial charge in [-0.25, -0.2) is 4.98 Å². The number of nitrogens with zero attached hydrogens (tertiary/aromatic N) is 4. The average Bonchev–Trinajstić information content (AvgIpc) is 3.22. The number of benzene rings is 1. The number of hydrogen-bond donors (Lipinski definition) is 0. The van der Waals surface area contributed by atoms with Gasteiger partial charge in [-0.15, -0.1) is 0 Å². The smallest absolute Gasteiger partial charge is 0.377 e. The molecule has 3 heterocycles. The lowest BCUT2D eigenvalue weighted by atomic mass is 10.1. The largest absolute Gasteiger partial charge is 0.389 e. The summed E-state index contributed by atoms with van der Waals surface area (Å²) in [4.78, 5) is 32.7. The number of aromatic nitrogens is 3. The van der Waals surface area contributed by atoms with Gasteiger partial charge in [0.05, 0.1) is 37.4 Å². The van der Waals surface area contributed by atoms with Crippen LogP contribution in [-0.4, -0.2) is 56.2 Å². The molecular weight excluding hydrogens is 485 g/mol. The Morgan fingerprint density at radius 1 is 1.14 bits per heavy atom. The summed E-state index contributed by atoms with van der Waals surface area (Å²) in [6.07, 6.45) is -2.61. The maximum atomic E-state index is 13.3. The Balaban J connectivity index is 1.72. The van der Waals surface area contributed by atoms with Gasteiger partial charge in [-0.3, -0.25) is 14.0 Å². The molecular formula is C24H26ClF3N4O3. The van der Waals surface area contributed by atoms with Crippen LogP contribution >= 0.6 is 11.6 Å². The molecule has 2 atom stereocenters. The van der Waals surface area contributed by atoms with E-state index in [1.165, 1.54) is 21.4 Å². The highest BCUT2D eigenvalue weighted by molar-refractivity contribution is 6.30. The highest BCUT2D eigenvalue weighted by Gasteiger charge is 2.30. The number of fused-ring (bicyclic) bond motifs is 1. The van der Waals surface area contributed by atoms with E-state index in [9.17, 15) is 22.8 Å². The summed E-state index contributed by atoms with van der Waals surface area (Å²) in [6.45, 7) is 4.55. The Bertz CT molecular complexity index is 1260. The fourth-order valence-electron chi connectivity index (χ4n) is 4.42. The van der Waals surface area contributed by atoms with Crippen molar-refractivity contribution in [2.45, 2.75) is 57.9 Å². The standard InChI is InChI=1S/C24H26ClF3N4O3/c1-15-13-35-14-16(2)32(15)21(33)10-18-11-30(9-3-8-24(26,27)28)23-29-20(12-31(23)22(18)34)17-4-6-19(25)7-5-17/h4-7,11-12,15-16H,3,8-10,13-14H2,1-2H3/t15-,16+. The molecule has 0 unspecified atom stereocenters. The lowest BCUT2D eigenvalue weighted by Gasteiger charge is -2.38. The van der Waals surface area contributed by atoms with Crippen molar-refractivity contribution in [3.8, 4) is 11.3 Å². The Hall–Kier alpha value is -2.85. The Labute approximate surface area is 205 Å². The second-order valence-electron chi connectivity index (χ2n) is 8.89. The number of rotatable bonds is 6. The summed E-state index contributed by atoms with van der Waals surface area (Å²) in [5, 5.41) is 0.539. The van der Waals surface area contributed by atoms with Crippen LogP contribution in [0.1, 0.15) is 32.3 Å². The molecule has 0 saturated carbocycles. The minimum absolute atomic E-state index is 0.00802. The van der Waals surface area contributed by atoms with Crippen molar-refractivity contribution in [2.24, 2.45) is 0 Å². The first-order chi connectivity index (χ1) is 16.5. The number of hydrogen-bond acceptors (Lipinski definition) is 4. The number of amides is 1. The van der Waals surface area contributed by atoms with Crippen molar-refractivity contribution in [1.29, 1.82) is 0 Å². The molecule has 4 rings (SSSR count). The van der Waals surface area contributed by atoms with Crippen LogP contribution < -0.4 is 5.56 Å². The third-order valence-corrected chi connectivity index (χ3v) is 6.30. The van der Waals surface area contributed by atoms with Gasteiger partial charge >= 0.3 is 6.18 Å². The molecule has 0 spiro atoms. The van der Waals surface area contributed by atoms with Gasteiger partial charge in [0.15, 0.2) is 0 Å². The summed E-state index contributed by atoms with van der Waals surface area (Å²) in [5.74, 6) is -0.0175. The zero-order valence-electron chi connectivity index (χ0n) is 19.4. The molecule has 7 nitrogen and oxygen atoms in total. The second-order valence-corrected chi connectivity index (χ2v) is 9.32. The third-order valence-electron chi connectivity index (χ3n) is 6.05. The van der Waals surface area contributed by atoms with E-state index in [-0.39, 0.29) is 48.7 Å². The lowest BCUT2D eigenvalue weighted by Crippen LogP contribution is -2.53. The van der Waals surface area contributed by atoms with Gasteiger partial charge < -0.3 is 14.2 Å². The first-order valence-electron chi connectivity index (χ1n) is 11.4. The van der Waals surface area contributed by atoms with Crippen LogP contribution in [0, 0.1) is 0 Å². The van der Waals surface area contributed by atoms with E-state index in [0.717, 1.165) is 0 Å². The summed E-state index contributed by atoms with van der Waals surface area (Å²) >= 11 is 5.96. The molecule has 1 aliphatic rings. The van der Waals surface area contributed by atoms with Gasteiger partial charge in [0.25, 0.3) is 5.56 Å². The fraction of sp³-hybridized carbons (Fsp3) is 0.458. The molecule has 2 aromatic heterocycles. The molecule has 1 aliphatic heterocycles. The molecule has 1 amide bonds. The van der Waals surface area contributed by atoms with Crippen LogP contribution in [0.25, 0.3) is 17.0 Å². The Kier molecular flexibility index (Phi) is 7.23. The minimum Gasteiger partial charge on any atom is -0.377 e. The lowest BCUT2D eigenvalue weighted by molar-refractivity contribution is -0.143. The van der Waals surface area contributed by atoms with Crippen LogP contribution in [0.3, 0.4) is 0 Å². The van der Waals surface area contributed by atoms with Crippen LogP contribution in [0.2, 0.25) is 5.02 Å². The number of halogens is 4. The van der Waals surface area contributed by atoms with Gasteiger partial charge in [-0.1, -0.05) is 23.7 Å². The normalized spacial score (nSPS) is 18.9. The van der Waals surface area contributed by atoms with Crippen LogP contribution in [-0.2, 0) is 22.5 Å². The quantitative estimate of drug-likeness (QED) is 0.495. The highest BCUT2D eigenvalue weighted by atomic mass is 35.5. The molecule has 0 radical (unpaired) electrons. The van der Waals surface area contributed by atoms with Crippen molar-refractivity contribution >= 4 is 23.3 Å². The zero-order chi connectivity index (χ0) is 25.3. The van der Waals surface area contributed by atoms with Gasteiger partial charge in [0, 0.05) is 41.5 Å². The first kappa shape index (κ1) is 25.2. The first-order valence-corrected chi connectivity index (χ1v) is 11.7. The maximum absolute atomic E-state index is 13.3. The monoisotopic (exact) mass is 510 g/mol. The molecule has 35 heavy (non-hydrogen) atoms. The summed E-state index contributed by atoms with van der Waals surface area (Å²) < 4.78 is 46.6. The SMILES string of the molecule is C[C@@H]1COC[C@H](C)N1C(=O)Cc1cn(CCCC(F)(F)F)c2nc(-c3ccc(Cl)cc3)cn2c1=O. The van der Waals surface area contributed by atoms with E-state index in [1.807, 2.05) is 13.8 Å². The number of alkyl halides is 3. The number of carbonyl (C=O) groups excluding carboxylic acids is 1. The topological polar surface area (TPSA) is 68.8 Å². The van der Waals surface area contributed by atoms with E-state index in [4.69, 9.17) is 16.3 Å². The molecule has 0 aliphatic carbocycles. The maximum Gasteiger partial charge on any atom is 0.389 e.